The van der Waals surface area contributed by atoms with Gasteiger partial charge in [0.05, 0.1) is 6.10 Å². The highest BCUT2D eigenvalue weighted by molar-refractivity contribution is 5.87. The monoisotopic (exact) mass is 218 g/mol. The lowest BCUT2D eigenvalue weighted by atomic mass is 9.97. The molecule has 0 amide bonds. The molecule has 0 N–H and O–H groups in total. The van der Waals surface area contributed by atoms with E-state index in [4.69, 9.17) is 4.74 Å². The van der Waals surface area contributed by atoms with Gasteiger partial charge in [-0.15, -0.1) is 0 Å². The fourth-order valence-corrected chi connectivity index (χ4v) is 2.22. The van der Waals surface area contributed by atoms with Gasteiger partial charge in [0.1, 0.15) is 11.5 Å². The largest absolute Gasteiger partial charge is 0.491 e. The van der Waals surface area contributed by atoms with Crippen molar-refractivity contribution in [2.24, 2.45) is 0 Å². The molecule has 0 bridgehead atoms. The van der Waals surface area contributed by atoms with Gasteiger partial charge in [-0.1, -0.05) is 12.1 Å². The zero-order valence-electron chi connectivity index (χ0n) is 9.90. The third kappa shape index (κ3) is 2.43. The van der Waals surface area contributed by atoms with E-state index >= 15 is 0 Å². The third-order valence-corrected chi connectivity index (χ3v) is 2.96. The van der Waals surface area contributed by atoms with Crippen LogP contribution in [0.2, 0.25) is 0 Å². The summed E-state index contributed by atoms with van der Waals surface area (Å²) in [6.45, 7) is 4.02. The smallest absolute Gasteiger partial charge is 0.140 e. The van der Waals surface area contributed by atoms with Crippen molar-refractivity contribution in [2.75, 3.05) is 0 Å². The average molecular weight is 218 g/mol. The van der Waals surface area contributed by atoms with Gasteiger partial charge < -0.3 is 4.74 Å². The van der Waals surface area contributed by atoms with E-state index in [9.17, 15) is 4.79 Å². The fraction of sp³-hybridized carbons (Fsp3) is 0.500. The van der Waals surface area contributed by atoms with E-state index in [-0.39, 0.29) is 12.0 Å². The molecule has 2 heteroatoms. The molecular formula is C14H18O2. The Morgan fingerprint density at radius 2 is 1.94 bits per heavy atom. The Balaban J connectivity index is 2.09. The Bertz CT molecular complexity index is 365. The molecule has 1 fully saturated rings. The summed E-state index contributed by atoms with van der Waals surface area (Å²) >= 11 is 0. The Morgan fingerprint density at radius 3 is 2.44 bits per heavy atom. The number of rotatable bonds is 3. The first-order chi connectivity index (χ1) is 7.66. The second kappa shape index (κ2) is 4.69. The van der Waals surface area contributed by atoms with Gasteiger partial charge in [0, 0.05) is 12.3 Å². The lowest BCUT2D eigenvalue weighted by Gasteiger charge is -2.12. The van der Waals surface area contributed by atoms with Crippen LogP contribution in [0.15, 0.2) is 24.3 Å². The van der Waals surface area contributed by atoms with Crippen molar-refractivity contribution >= 4 is 5.78 Å². The third-order valence-electron chi connectivity index (χ3n) is 2.96. The van der Waals surface area contributed by atoms with Crippen LogP contribution in [0.4, 0.5) is 0 Å². The molecule has 0 aromatic heterocycles. The summed E-state index contributed by atoms with van der Waals surface area (Å²) in [4.78, 5) is 11.6. The maximum atomic E-state index is 11.6. The summed E-state index contributed by atoms with van der Waals surface area (Å²) in [5, 5.41) is 0. The van der Waals surface area contributed by atoms with Crippen molar-refractivity contribution in [3.8, 4) is 5.75 Å². The first-order valence-electron chi connectivity index (χ1n) is 5.96. The van der Waals surface area contributed by atoms with E-state index in [0.29, 0.717) is 5.78 Å². The number of benzene rings is 1. The van der Waals surface area contributed by atoms with E-state index in [1.165, 1.54) is 0 Å². The van der Waals surface area contributed by atoms with Crippen LogP contribution in [0.3, 0.4) is 0 Å². The summed E-state index contributed by atoms with van der Waals surface area (Å²) in [7, 11) is 0. The molecule has 1 saturated carbocycles. The molecule has 1 atom stereocenters. The van der Waals surface area contributed by atoms with E-state index in [2.05, 4.69) is 0 Å². The minimum atomic E-state index is 0.132. The Hall–Kier alpha value is -1.31. The maximum Gasteiger partial charge on any atom is 0.140 e. The first kappa shape index (κ1) is 11.2. The highest BCUT2D eigenvalue weighted by Crippen LogP contribution is 2.31. The van der Waals surface area contributed by atoms with Crippen LogP contribution in [-0.4, -0.2) is 11.9 Å². The predicted molar refractivity (Wildman–Crippen MR) is 63.8 cm³/mol. The molecule has 0 saturated heterocycles. The average Bonchev–Trinajstić information content (AvgIpc) is 2.65. The molecular weight excluding hydrogens is 200 g/mol. The van der Waals surface area contributed by atoms with Crippen molar-refractivity contribution in [1.29, 1.82) is 0 Å². The van der Waals surface area contributed by atoms with E-state index in [1.54, 1.807) is 0 Å². The summed E-state index contributed by atoms with van der Waals surface area (Å²) in [6.07, 6.45) is 2.98. The van der Waals surface area contributed by atoms with Crippen LogP contribution < -0.4 is 4.74 Å². The normalized spacial score (nSPS) is 20.4. The zero-order chi connectivity index (χ0) is 11.5. The first-order valence-corrected chi connectivity index (χ1v) is 5.96. The van der Waals surface area contributed by atoms with Crippen LogP contribution >= 0.6 is 0 Å². The molecule has 16 heavy (non-hydrogen) atoms. The van der Waals surface area contributed by atoms with Gasteiger partial charge in [-0.05, 0) is 44.4 Å². The van der Waals surface area contributed by atoms with Gasteiger partial charge in [-0.3, -0.25) is 4.79 Å². The van der Waals surface area contributed by atoms with Gasteiger partial charge in [0.15, 0.2) is 0 Å². The zero-order valence-corrected chi connectivity index (χ0v) is 9.90. The van der Waals surface area contributed by atoms with Crippen molar-refractivity contribution < 1.29 is 9.53 Å². The van der Waals surface area contributed by atoms with E-state index in [0.717, 1.165) is 30.6 Å². The van der Waals surface area contributed by atoms with Gasteiger partial charge in [-0.2, -0.15) is 0 Å². The van der Waals surface area contributed by atoms with Crippen molar-refractivity contribution in [3.05, 3.63) is 29.8 Å². The standard InChI is InChI=1S/C14H18O2/c1-10(2)16-12-8-6-11(7-9-12)13-4-3-5-14(13)15/h6-10,13H,3-5H2,1-2H3/t13-/m0/s1. The van der Waals surface area contributed by atoms with Crippen molar-refractivity contribution in [1.82, 2.24) is 0 Å². The molecule has 2 nitrogen and oxygen atoms in total. The minimum Gasteiger partial charge on any atom is -0.491 e. The van der Waals surface area contributed by atoms with Crippen LogP contribution in [0.25, 0.3) is 0 Å². The Morgan fingerprint density at radius 1 is 1.25 bits per heavy atom. The maximum absolute atomic E-state index is 11.6. The molecule has 1 aliphatic carbocycles. The van der Waals surface area contributed by atoms with Gasteiger partial charge in [-0.25, -0.2) is 0 Å². The molecule has 1 aliphatic rings. The molecule has 0 spiro atoms. The quantitative estimate of drug-likeness (QED) is 0.778. The molecule has 86 valence electrons. The Kier molecular flexibility index (Phi) is 3.28. The molecule has 1 aromatic carbocycles. The summed E-state index contributed by atoms with van der Waals surface area (Å²) < 4.78 is 5.57. The molecule has 0 unspecified atom stereocenters. The SMILES string of the molecule is CC(C)Oc1ccc([C@@H]2CCCC2=O)cc1. The van der Waals surface area contributed by atoms with Crippen molar-refractivity contribution in [3.63, 3.8) is 0 Å². The number of hydrogen-bond donors (Lipinski definition) is 0. The van der Waals surface area contributed by atoms with Crippen molar-refractivity contribution in [2.45, 2.75) is 45.1 Å². The van der Waals surface area contributed by atoms with Crippen LogP contribution in [0.5, 0.6) is 5.75 Å². The van der Waals surface area contributed by atoms with Crippen LogP contribution in [0.1, 0.15) is 44.6 Å². The van der Waals surface area contributed by atoms with Gasteiger partial charge >= 0.3 is 0 Å². The van der Waals surface area contributed by atoms with E-state index in [1.807, 2.05) is 38.1 Å². The number of ether oxygens (including phenoxy) is 1. The lowest BCUT2D eigenvalue weighted by molar-refractivity contribution is -0.118. The molecule has 1 aromatic rings. The fourth-order valence-electron chi connectivity index (χ4n) is 2.22. The molecule has 0 aliphatic heterocycles. The van der Waals surface area contributed by atoms with Crippen LogP contribution in [-0.2, 0) is 4.79 Å². The lowest BCUT2D eigenvalue weighted by Crippen LogP contribution is -2.06. The molecule has 0 radical (unpaired) electrons. The van der Waals surface area contributed by atoms with Gasteiger partial charge in [0.2, 0.25) is 0 Å². The van der Waals surface area contributed by atoms with Gasteiger partial charge in [0.25, 0.3) is 0 Å². The van der Waals surface area contributed by atoms with Crippen LogP contribution in [0, 0.1) is 0 Å². The predicted octanol–water partition coefficient (Wildman–Crippen LogP) is 3.31. The summed E-state index contributed by atoms with van der Waals surface area (Å²) in [6, 6.07) is 7.96. The number of carbonyl (C=O) groups excluding carboxylic acids is 1. The summed E-state index contributed by atoms with van der Waals surface area (Å²) in [5.41, 5.74) is 1.14. The second-order valence-electron chi connectivity index (χ2n) is 4.65. The molecule has 2 rings (SSSR count). The topological polar surface area (TPSA) is 26.3 Å². The highest BCUT2D eigenvalue weighted by Gasteiger charge is 2.25. The van der Waals surface area contributed by atoms with E-state index < -0.39 is 0 Å². The number of carbonyl (C=O) groups is 1. The number of hydrogen-bond acceptors (Lipinski definition) is 2. The highest BCUT2D eigenvalue weighted by atomic mass is 16.5. The summed E-state index contributed by atoms with van der Waals surface area (Å²) in [5.74, 6) is 1.40. The molecule has 0 heterocycles. The minimum absolute atomic E-state index is 0.132. The number of Topliss-reactive ketones (excluding diaryl/α,β-unsaturated/α-hetero) is 1. The second-order valence-corrected chi connectivity index (χ2v) is 4.65. The number of ketones is 1. The Labute approximate surface area is 96.6 Å².